The minimum Gasteiger partial charge on any atom is -0.488 e. The van der Waals surface area contributed by atoms with Crippen molar-refractivity contribution < 1.29 is 13.6 Å². The Morgan fingerprint density at radius 1 is 0.774 bits per heavy atom. The first-order chi connectivity index (χ1) is 15.1. The molecule has 1 fully saturated rings. The molecule has 160 valence electrons. The van der Waals surface area contributed by atoms with E-state index in [1.165, 1.54) is 37.9 Å². The molecule has 0 spiro atoms. The summed E-state index contributed by atoms with van der Waals surface area (Å²) >= 11 is 12.2. The highest BCUT2D eigenvalue weighted by atomic mass is 35.5. The van der Waals surface area contributed by atoms with Gasteiger partial charge in [-0.1, -0.05) is 35.3 Å². The highest BCUT2D eigenvalue weighted by Crippen LogP contribution is 2.33. The number of quaternary nitrogens is 1. The van der Waals surface area contributed by atoms with E-state index >= 15 is 0 Å². The summed E-state index contributed by atoms with van der Waals surface area (Å²) in [7, 11) is 0. The molecule has 1 saturated heterocycles. The Kier molecular flexibility index (Phi) is 5.83. The molecule has 3 aromatic carbocycles. The zero-order valence-corrected chi connectivity index (χ0v) is 19.0. The van der Waals surface area contributed by atoms with Gasteiger partial charge in [0.15, 0.2) is 0 Å². The largest absolute Gasteiger partial charge is 0.488 e. The molecule has 0 bridgehead atoms. The molecular formula is C26H26Cl2NO2+. The lowest BCUT2D eigenvalue weighted by Gasteiger charge is -2.41. The fraction of sp³-hybridized carbons (Fsp3) is 0.308. The summed E-state index contributed by atoms with van der Waals surface area (Å²) in [6.45, 7) is 5.12. The van der Waals surface area contributed by atoms with Crippen molar-refractivity contribution in [1.29, 1.82) is 0 Å². The first kappa shape index (κ1) is 20.7. The number of hydrogen-bond donors (Lipinski definition) is 0. The van der Waals surface area contributed by atoms with E-state index in [2.05, 4.69) is 18.2 Å². The molecule has 0 aliphatic carbocycles. The standard InChI is InChI=1S/C26H26Cl2NO2/c27-20-6-4-19(5-7-20)18-29(12-2-1-3-13-29)14-15-30-22-9-11-24-23-10-8-21(28)16-25(23)31-26(24)17-22/h4-11,16-17H,1-3,12-15,18H2/q+1. The van der Waals surface area contributed by atoms with Gasteiger partial charge in [-0.25, -0.2) is 0 Å². The summed E-state index contributed by atoms with van der Waals surface area (Å²) in [6, 6.07) is 20.1. The van der Waals surface area contributed by atoms with Crippen molar-refractivity contribution in [3.05, 3.63) is 76.3 Å². The SMILES string of the molecule is Clc1ccc(C[N+]2(CCOc3ccc4c(c3)oc3cc(Cl)ccc34)CCCCC2)cc1. The van der Waals surface area contributed by atoms with Gasteiger partial charge in [-0.05, 0) is 55.7 Å². The normalized spacial score (nSPS) is 16.1. The lowest BCUT2D eigenvalue weighted by Crippen LogP contribution is -2.52. The maximum Gasteiger partial charge on any atom is 0.139 e. The number of hydrogen-bond acceptors (Lipinski definition) is 2. The molecule has 0 N–H and O–H groups in total. The molecule has 1 aromatic heterocycles. The second-order valence-electron chi connectivity index (χ2n) is 8.61. The Morgan fingerprint density at radius 3 is 2.23 bits per heavy atom. The molecule has 4 aromatic rings. The molecule has 0 saturated carbocycles. The smallest absolute Gasteiger partial charge is 0.139 e. The van der Waals surface area contributed by atoms with Crippen LogP contribution in [0.15, 0.2) is 65.1 Å². The molecule has 0 atom stereocenters. The highest BCUT2D eigenvalue weighted by molar-refractivity contribution is 6.31. The Balaban J connectivity index is 1.30. The predicted molar refractivity (Wildman–Crippen MR) is 128 cm³/mol. The van der Waals surface area contributed by atoms with Crippen LogP contribution in [0.4, 0.5) is 0 Å². The van der Waals surface area contributed by atoms with E-state index in [9.17, 15) is 0 Å². The molecule has 5 heteroatoms. The first-order valence-corrected chi connectivity index (χ1v) is 11.7. The van der Waals surface area contributed by atoms with Crippen LogP contribution in [0.5, 0.6) is 5.75 Å². The van der Waals surface area contributed by atoms with E-state index in [1.807, 2.05) is 42.5 Å². The second-order valence-corrected chi connectivity index (χ2v) is 9.48. The Labute approximate surface area is 192 Å². The van der Waals surface area contributed by atoms with Crippen LogP contribution in [0.1, 0.15) is 24.8 Å². The fourth-order valence-corrected chi connectivity index (χ4v) is 5.09. The van der Waals surface area contributed by atoms with Gasteiger partial charge in [-0.3, -0.25) is 0 Å². The van der Waals surface area contributed by atoms with Crippen LogP contribution < -0.4 is 4.74 Å². The Morgan fingerprint density at radius 2 is 1.45 bits per heavy atom. The number of fused-ring (bicyclic) bond motifs is 3. The summed E-state index contributed by atoms with van der Waals surface area (Å²) < 4.78 is 13.3. The van der Waals surface area contributed by atoms with E-state index in [-0.39, 0.29) is 0 Å². The number of ether oxygens (including phenoxy) is 1. The monoisotopic (exact) mass is 454 g/mol. The number of furan rings is 1. The van der Waals surface area contributed by atoms with Gasteiger partial charge in [-0.15, -0.1) is 0 Å². The van der Waals surface area contributed by atoms with Gasteiger partial charge in [-0.2, -0.15) is 0 Å². The quantitative estimate of drug-likeness (QED) is 0.281. The van der Waals surface area contributed by atoms with Gasteiger partial charge in [0.2, 0.25) is 0 Å². The van der Waals surface area contributed by atoms with Crippen molar-refractivity contribution in [1.82, 2.24) is 0 Å². The molecular weight excluding hydrogens is 429 g/mol. The minimum absolute atomic E-state index is 0.680. The van der Waals surface area contributed by atoms with E-state index in [0.717, 1.165) is 50.3 Å². The molecule has 31 heavy (non-hydrogen) atoms. The first-order valence-electron chi connectivity index (χ1n) is 10.9. The zero-order chi connectivity index (χ0) is 21.3. The molecule has 5 rings (SSSR count). The molecule has 0 amide bonds. The maximum atomic E-state index is 6.20. The minimum atomic E-state index is 0.680. The summed E-state index contributed by atoms with van der Waals surface area (Å²) in [6.07, 6.45) is 3.89. The lowest BCUT2D eigenvalue weighted by atomic mass is 10.1. The summed E-state index contributed by atoms with van der Waals surface area (Å²) in [5, 5.41) is 3.63. The topological polar surface area (TPSA) is 22.4 Å². The van der Waals surface area contributed by atoms with Crippen molar-refractivity contribution >= 4 is 45.1 Å². The van der Waals surface area contributed by atoms with Crippen LogP contribution in [-0.2, 0) is 6.54 Å². The van der Waals surface area contributed by atoms with Crippen LogP contribution in [0.25, 0.3) is 21.9 Å². The molecule has 0 unspecified atom stereocenters. The van der Waals surface area contributed by atoms with E-state index in [0.29, 0.717) is 11.6 Å². The fourth-order valence-electron chi connectivity index (χ4n) is 4.80. The van der Waals surface area contributed by atoms with Gasteiger partial charge < -0.3 is 13.6 Å². The third-order valence-corrected chi connectivity index (χ3v) is 6.92. The van der Waals surface area contributed by atoms with E-state index in [4.69, 9.17) is 32.4 Å². The van der Waals surface area contributed by atoms with Crippen molar-refractivity contribution in [3.8, 4) is 5.75 Å². The Bertz CT molecular complexity index is 1190. The van der Waals surface area contributed by atoms with Crippen LogP contribution in [-0.4, -0.2) is 30.7 Å². The molecule has 0 radical (unpaired) electrons. The number of rotatable bonds is 6. The predicted octanol–water partition coefficient (Wildman–Crippen LogP) is 7.47. The molecule has 2 heterocycles. The third kappa shape index (κ3) is 4.55. The molecule has 1 aliphatic rings. The van der Waals surface area contributed by atoms with Crippen molar-refractivity contribution in [2.75, 3.05) is 26.2 Å². The van der Waals surface area contributed by atoms with Gasteiger partial charge in [0.05, 0.1) is 13.1 Å². The lowest BCUT2D eigenvalue weighted by molar-refractivity contribution is -0.945. The summed E-state index contributed by atoms with van der Waals surface area (Å²) in [4.78, 5) is 0. The zero-order valence-electron chi connectivity index (χ0n) is 17.4. The molecule has 3 nitrogen and oxygen atoms in total. The van der Waals surface area contributed by atoms with Crippen LogP contribution in [0, 0.1) is 0 Å². The number of piperidine rings is 1. The van der Waals surface area contributed by atoms with Crippen molar-refractivity contribution in [2.24, 2.45) is 0 Å². The van der Waals surface area contributed by atoms with Gasteiger partial charge >= 0.3 is 0 Å². The summed E-state index contributed by atoms with van der Waals surface area (Å²) in [5.41, 5.74) is 2.98. The average molecular weight is 455 g/mol. The maximum absolute atomic E-state index is 6.20. The van der Waals surface area contributed by atoms with Gasteiger partial charge in [0.25, 0.3) is 0 Å². The van der Waals surface area contributed by atoms with E-state index < -0.39 is 0 Å². The van der Waals surface area contributed by atoms with Crippen molar-refractivity contribution in [3.63, 3.8) is 0 Å². The van der Waals surface area contributed by atoms with Gasteiger partial charge in [0, 0.05) is 38.5 Å². The Hall–Kier alpha value is -2.20. The van der Waals surface area contributed by atoms with Crippen LogP contribution in [0.3, 0.4) is 0 Å². The third-order valence-electron chi connectivity index (χ3n) is 6.44. The average Bonchev–Trinajstić information content (AvgIpc) is 3.12. The molecule has 1 aliphatic heterocycles. The van der Waals surface area contributed by atoms with Crippen molar-refractivity contribution in [2.45, 2.75) is 25.8 Å². The second kappa shape index (κ2) is 8.74. The highest BCUT2D eigenvalue weighted by Gasteiger charge is 2.30. The number of benzene rings is 3. The van der Waals surface area contributed by atoms with Gasteiger partial charge in [0.1, 0.15) is 36.6 Å². The van der Waals surface area contributed by atoms with Crippen LogP contribution >= 0.6 is 23.2 Å². The number of likely N-dealkylation sites (tertiary alicyclic amines) is 1. The summed E-state index contributed by atoms with van der Waals surface area (Å²) in [5.74, 6) is 0.847. The van der Waals surface area contributed by atoms with Crippen LogP contribution in [0.2, 0.25) is 10.0 Å². The number of halogens is 2. The van der Waals surface area contributed by atoms with E-state index in [1.54, 1.807) is 0 Å². The number of nitrogens with zero attached hydrogens (tertiary/aromatic N) is 1.